The Morgan fingerprint density at radius 2 is 2.08 bits per heavy atom. The molecular weight excluding hydrogens is 316 g/mol. The fourth-order valence-electron chi connectivity index (χ4n) is 3.97. The molecule has 0 radical (unpaired) electrons. The molecule has 1 N–H and O–H groups in total. The van der Waals surface area contributed by atoms with E-state index < -0.39 is 0 Å². The molecule has 0 saturated heterocycles. The summed E-state index contributed by atoms with van der Waals surface area (Å²) in [5.74, 6) is 0.311. The van der Waals surface area contributed by atoms with Crippen LogP contribution in [0.15, 0.2) is 59.2 Å². The normalized spacial score (nSPS) is 19.8. The van der Waals surface area contributed by atoms with Crippen molar-refractivity contribution in [2.75, 3.05) is 5.32 Å². The van der Waals surface area contributed by atoms with Crippen LogP contribution in [-0.4, -0.2) is 10.8 Å². The summed E-state index contributed by atoms with van der Waals surface area (Å²) in [6, 6.07) is 12.5. The van der Waals surface area contributed by atoms with Crippen molar-refractivity contribution >= 4 is 33.7 Å². The minimum Gasteiger partial charge on any atom is -0.358 e. The van der Waals surface area contributed by atoms with E-state index in [-0.39, 0.29) is 11.7 Å². The van der Waals surface area contributed by atoms with Crippen molar-refractivity contribution in [1.29, 1.82) is 0 Å². The third-order valence-electron chi connectivity index (χ3n) is 4.97. The summed E-state index contributed by atoms with van der Waals surface area (Å²) in [5.41, 5.74) is 5.36. The fourth-order valence-corrected chi connectivity index (χ4v) is 4.81. The van der Waals surface area contributed by atoms with Gasteiger partial charge in [-0.3, -0.25) is 9.78 Å². The summed E-state index contributed by atoms with van der Waals surface area (Å²) >= 11 is 1.72. The van der Waals surface area contributed by atoms with Gasteiger partial charge in [-0.2, -0.15) is 0 Å². The molecule has 3 nitrogen and oxygen atoms in total. The van der Waals surface area contributed by atoms with E-state index in [1.165, 1.54) is 10.4 Å². The second-order valence-corrected chi connectivity index (χ2v) is 7.32. The topological polar surface area (TPSA) is 42.0 Å². The molecule has 3 aromatic rings. The van der Waals surface area contributed by atoms with Crippen molar-refractivity contribution < 1.29 is 4.79 Å². The number of thiophene rings is 1. The highest BCUT2D eigenvalue weighted by atomic mass is 32.1. The highest BCUT2D eigenvalue weighted by molar-refractivity contribution is 7.10. The van der Waals surface area contributed by atoms with E-state index in [2.05, 4.69) is 46.0 Å². The number of Topliss-reactive ketones (excluding diaryl/α,β-unsaturated/α-hetero) is 1. The van der Waals surface area contributed by atoms with Crippen LogP contribution in [0.3, 0.4) is 0 Å². The number of hydrogen-bond donors (Lipinski definition) is 1. The van der Waals surface area contributed by atoms with Gasteiger partial charge in [0.2, 0.25) is 0 Å². The van der Waals surface area contributed by atoms with Gasteiger partial charge in [0, 0.05) is 39.8 Å². The smallest absolute Gasteiger partial charge is 0.161 e. The monoisotopic (exact) mass is 332 g/mol. The van der Waals surface area contributed by atoms with Gasteiger partial charge in [0.25, 0.3) is 0 Å². The Morgan fingerprint density at radius 1 is 1.12 bits per heavy atom. The maximum Gasteiger partial charge on any atom is 0.161 e. The fraction of sp³-hybridized carbons (Fsp3) is 0.200. The summed E-state index contributed by atoms with van der Waals surface area (Å²) in [6.07, 6.45) is 4.36. The predicted octanol–water partition coefficient (Wildman–Crippen LogP) is 4.86. The lowest BCUT2D eigenvalue weighted by Crippen LogP contribution is -2.26. The first-order chi connectivity index (χ1) is 11.8. The lowest BCUT2D eigenvalue weighted by atomic mass is 9.77. The van der Waals surface area contributed by atoms with Gasteiger partial charge in [-0.1, -0.05) is 12.1 Å². The summed E-state index contributed by atoms with van der Waals surface area (Å²) in [7, 11) is 0. The van der Waals surface area contributed by atoms with Crippen LogP contribution in [0.2, 0.25) is 0 Å². The quantitative estimate of drug-likeness (QED) is 0.692. The van der Waals surface area contributed by atoms with Crippen LogP contribution in [0.1, 0.15) is 35.6 Å². The Balaban J connectivity index is 1.85. The molecule has 1 unspecified atom stereocenters. The van der Waals surface area contributed by atoms with Crippen molar-refractivity contribution in [2.45, 2.75) is 25.2 Å². The molecule has 2 aliphatic rings. The number of allylic oxidation sites excluding steroid dienone is 2. The van der Waals surface area contributed by atoms with Crippen LogP contribution in [0.5, 0.6) is 0 Å². The van der Waals surface area contributed by atoms with Gasteiger partial charge in [-0.15, -0.1) is 11.3 Å². The lowest BCUT2D eigenvalue weighted by molar-refractivity contribution is -0.116. The molecule has 1 atom stereocenters. The number of carbonyl (C=O) groups is 1. The van der Waals surface area contributed by atoms with Gasteiger partial charge < -0.3 is 5.32 Å². The average molecular weight is 332 g/mol. The number of hydrogen-bond acceptors (Lipinski definition) is 4. The summed E-state index contributed by atoms with van der Waals surface area (Å²) < 4.78 is 0. The molecule has 118 valence electrons. The van der Waals surface area contributed by atoms with Gasteiger partial charge in [0.1, 0.15) is 0 Å². The highest BCUT2D eigenvalue weighted by Crippen LogP contribution is 2.48. The predicted molar refractivity (Wildman–Crippen MR) is 97.4 cm³/mol. The molecule has 24 heavy (non-hydrogen) atoms. The van der Waals surface area contributed by atoms with E-state index in [0.717, 1.165) is 40.7 Å². The van der Waals surface area contributed by atoms with Crippen molar-refractivity contribution in [2.24, 2.45) is 0 Å². The van der Waals surface area contributed by atoms with Crippen molar-refractivity contribution in [3.05, 3.63) is 69.7 Å². The first kappa shape index (κ1) is 13.9. The number of anilines is 1. The zero-order valence-electron chi connectivity index (χ0n) is 13.1. The summed E-state index contributed by atoms with van der Waals surface area (Å²) in [5, 5.41) is 6.77. The standard InChI is InChI=1S/C20H16N2OS/c23-16-6-1-5-14-19(16)20(17-7-3-11-24-17)18-12-4-2-10-21-13(12)8-9-15(18)22-14/h2-4,7-11,20,22H,1,5-6H2. The maximum atomic E-state index is 12.8. The van der Waals surface area contributed by atoms with Gasteiger partial charge in [0.15, 0.2) is 5.78 Å². The van der Waals surface area contributed by atoms with Crippen LogP contribution in [-0.2, 0) is 4.79 Å². The number of nitrogens with zero attached hydrogens (tertiary/aromatic N) is 1. The summed E-state index contributed by atoms with van der Waals surface area (Å²) in [6.45, 7) is 0. The third kappa shape index (κ3) is 1.96. The number of aromatic nitrogens is 1. The Kier molecular flexibility index (Phi) is 3.06. The number of rotatable bonds is 1. The lowest BCUT2D eigenvalue weighted by Gasteiger charge is -2.34. The Bertz CT molecular complexity index is 988. The van der Waals surface area contributed by atoms with Gasteiger partial charge >= 0.3 is 0 Å². The molecule has 4 heteroatoms. The SMILES string of the molecule is O=C1CCCC2=C1C(c1cccs1)c1c(ccc3ncccc13)N2. The van der Waals surface area contributed by atoms with Crippen molar-refractivity contribution in [3.63, 3.8) is 0 Å². The van der Waals surface area contributed by atoms with Crippen LogP contribution in [0, 0.1) is 0 Å². The van der Waals surface area contributed by atoms with E-state index in [1.54, 1.807) is 11.3 Å². The molecule has 0 fully saturated rings. The number of benzene rings is 1. The zero-order valence-corrected chi connectivity index (χ0v) is 13.9. The number of fused-ring (bicyclic) bond motifs is 3. The molecule has 1 aromatic carbocycles. The van der Waals surface area contributed by atoms with Crippen molar-refractivity contribution in [3.8, 4) is 0 Å². The molecule has 5 rings (SSSR count). The number of carbonyl (C=O) groups excluding carboxylic acids is 1. The van der Waals surface area contributed by atoms with Crippen LogP contribution in [0.4, 0.5) is 5.69 Å². The molecule has 0 amide bonds. The second-order valence-electron chi connectivity index (χ2n) is 6.34. The zero-order chi connectivity index (χ0) is 16.1. The van der Waals surface area contributed by atoms with Gasteiger partial charge in [0.05, 0.1) is 11.4 Å². The van der Waals surface area contributed by atoms with E-state index >= 15 is 0 Å². The Morgan fingerprint density at radius 3 is 2.96 bits per heavy atom. The van der Waals surface area contributed by atoms with Crippen LogP contribution in [0.25, 0.3) is 10.9 Å². The highest BCUT2D eigenvalue weighted by Gasteiger charge is 2.36. The molecule has 0 bridgehead atoms. The molecule has 3 heterocycles. The van der Waals surface area contributed by atoms with Crippen LogP contribution < -0.4 is 5.32 Å². The maximum absolute atomic E-state index is 12.8. The third-order valence-corrected chi connectivity index (χ3v) is 5.91. The van der Waals surface area contributed by atoms with Crippen molar-refractivity contribution in [1.82, 2.24) is 4.98 Å². The molecule has 2 aromatic heterocycles. The van der Waals surface area contributed by atoms with Crippen LogP contribution >= 0.6 is 11.3 Å². The minimum atomic E-state index is 0.0250. The Hall–Kier alpha value is -2.46. The second kappa shape index (κ2) is 5.28. The number of ketones is 1. The molecule has 0 spiro atoms. The molecular formula is C20H16N2OS. The molecule has 0 saturated carbocycles. The van der Waals surface area contributed by atoms with Gasteiger partial charge in [-0.25, -0.2) is 0 Å². The van der Waals surface area contributed by atoms with E-state index in [1.807, 2.05) is 12.3 Å². The molecule has 1 aliphatic heterocycles. The number of pyridine rings is 1. The largest absolute Gasteiger partial charge is 0.358 e. The number of nitrogens with one attached hydrogen (secondary N) is 1. The van der Waals surface area contributed by atoms with E-state index in [4.69, 9.17) is 0 Å². The van der Waals surface area contributed by atoms with E-state index in [0.29, 0.717) is 6.42 Å². The summed E-state index contributed by atoms with van der Waals surface area (Å²) in [4.78, 5) is 18.5. The van der Waals surface area contributed by atoms with E-state index in [9.17, 15) is 4.79 Å². The first-order valence-electron chi connectivity index (χ1n) is 8.27. The van der Waals surface area contributed by atoms with Gasteiger partial charge in [-0.05, 0) is 48.1 Å². The first-order valence-corrected chi connectivity index (χ1v) is 9.15. The Labute approximate surface area is 144 Å². The molecule has 1 aliphatic carbocycles. The minimum absolute atomic E-state index is 0.0250. The average Bonchev–Trinajstić information content (AvgIpc) is 3.14.